The molecule has 2 aromatic heterocycles. The average molecular weight is 298 g/mol. The number of nitrogens with one attached hydrogen (secondary N) is 2. The number of carbonyl (C=O) groups is 1. The van der Waals surface area contributed by atoms with Crippen molar-refractivity contribution < 1.29 is 9.53 Å². The van der Waals surface area contributed by atoms with Crippen LogP contribution in [0.5, 0.6) is 0 Å². The van der Waals surface area contributed by atoms with Gasteiger partial charge in [-0.1, -0.05) is 11.6 Å². The van der Waals surface area contributed by atoms with E-state index in [2.05, 4.69) is 25.1 Å². The second-order valence-electron chi connectivity index (χ2n) is 3.84. The molecule has 20 heavy (non-hydrogen) atoms. The van der Waals surface area contributed by atoms with Crippen LogP contribution in [0.4, 0.5) is 5.69 Å². The van der Waals surface area contributed by atoms with Gasteiger partial charge in [-0.05, 0) is 0 Å². The highest BCUT2D eigenvalue weighted by Crippen LogP contribution is 2.15. The van der Waals surface area contributed by atoms with E-state index in [1.165, 1.54) is 13.3 Å². The van der Waals surface area contributed by atoms with Crippen molar-refractivity contribution in [3.63, 3.8) is 0 Å². The van der Waals surface area contributed by atoms with Gasteiger partial charge < -0.3 is 15.0 Å². The molecule has 2 aromatic rings. The highest BCUT2D eigenvalue weighted by molar-refractivity contribution is 6.32. The highest BCUT2D eigenvalue weighted by Gasteiger charge is 2.12. The third-order valence-corrected chi connectivity index (χ3v) is 2.88. The van der Waals surface area contributed by atoms with Gasteiger partial charge in [-0.3, -0.25) is 9.59 Å². The Morgan fingerprint density at radius 1 is 1.55 bits per heavy atom. The van der Waals surface area contributed by atoms with Crippen LogP contribution in [0.15, 0.2) is 23.5 Å². The van der Waals surface area contributed by atoms with Gasteiger partial charge in [0.25, 0.3) is 5.56 Å². The van der Waals surface area contributed by atoms with Crippen molar-refractivity contribution in [1.29, 1.82) is 0 Å². The Balaban J connectivity index is 2.14. The van der Waals surface area contributed by atoms with Crippen molar-refractivity contribution in [2.75, 3.05) is 12.4 Å². The summed E-state index contributed by atoms with van der Waals surface area (Å²) in [4.78, 5) is 29.8. The Labute approximate surface area is 118 Å². The molecule has 9 heteroatoms. The van der Waals surface area contributed by atoms with E-state index >= 15 is 0 Å². The molecule has 0 aliphatic rings. The number of halogens is 1. The van der Waals surface area contributed by atoms with Gasteiger partial charge in [-0.15, -0.1) is 0 Å². The molecule has 2 N–H and O–H groups in total. The van der Waals surface area contributed by atoms with Gasteiger partial charge in [0.15, 0.2) is 0 Å². The van der Waals surface area contributed by atoms with Crippen LogP contribution in [0.3, 0.4) is 0 Å². The zero-order valence-corrected chi connectivity index (χ0v) is 11.3. The number of hydrogen-bond donors (Lipinski definition) is 2. The number of nitrogens with zero attached hydrogens (tertiary/aromatic N) is 3. The lowest BCUT2D eigenvalue weighted by atomic mass is 10.4. The smallest absolute Gasteiger partial charge is 0.327 e. The first-order chi connectivity index (χ1) is 9.61. The van der Waals surface area contributed by atoms with E-state index in [0.29, 0.717) is 12.2 Å². The number of ether oxygens (including phenoxy) is 1. The predicted octanol–water partition coefficient (Wildman–Crippen LogP) is 0.405. The number of rotatable bonds is 5. The van der Waals surface area contributed by atoms with E-state index in [1.54, 1.807) is 12.5 Å². The standard InChI is InChI=1S/C11H12ClN5O3/c1-20-9(18)5-17-11(19)10(12)8(4-16-17)14-3-7-2-13-6-15-7/h2,4,6,14H,3,5H2,1H3,(H,13,15). The molecule has 2 rings (SSSR count). The summed E-state index contributed by atoms with van der Waals surface area (Å²) in [7, 11) is 1.23. The van der Waals surface area contributed by atoms with E-state index in [9.17, 15) is 9.59 Å². The molecule has 0 aliphatic carbocycles. The summed E-state index contributed by atoms with van der Waals surface area (Å²) in [6, 6.07) is 0. The van der Waals surface area contributed by atoms with Crippen molar-refractivity contribution in [3.05, 3.63) is 39.8 Å². The minimum Gasteiger partial charge on any atom is -0.468 e. The highest BCUT2D eigenvalue weighted by atomic mass is 35.5. The minimum absolute atomic E-state index is 0.0385. The first-order valence-electron chi connectivity index (χ1n) is 5.65. The molecule has 0 saturated carbocycles. The Morgan fingerprint density at radius 3 is 3.00 bits per heavy atom. The number of aromatic nitrogens is 4. The van der Waals surface area contributed by atoms with Crippen LogP contribution in [0.1, 0.15) is 5.69 Å². The van der Waals surface area contributed by atoms with Gasteiger partial charge >= 0.3 is 5.97 Å². The summed E-state index contributed by atoms with van der Waals surface area (Å²) in [6.07, 6.45) is 4.57. The maximum atomic E-state index is 11.9. The molecule has 8 nitrogen and oxygen atoms in total. The quantitative estimate of drug-likeness (QED) is 0.775. The third-order valence-electron chi connectivity index (χ3n) is 2.52. The summed E-state index contributed by atoms with van der Waals surface area (Å²) in [6.45, 7) is 0.137. The van der Waals surface area contributed by atoms with E-state index in [1.807, 2.05) is 0 Å². The molecule has 0 fully saturated rings. The van der Waals surface area contributed by atoms with Crippen molar-refractivity contribution in [3.8, 4) is 0 Å². The molecule has 0 spiro atoms. The average Bonchev–Trinajstić information content (AvgIpc) is 2.96. The number of carbonyl (C=O) groups excluding carboxylic acids is 1. The topological polar surface area (TPSA) is 102 Å². The lowest BCUT2D eigenvalue weighted by Crippen LogP contribution is -2.28. The lowest BCUT2D eigenvalue weighted by molar-refractivity contribution is -0.141. The Hall–Kier alpha value is -2.35. The maximum absolute atomic E-state index is 11.9. The van der Waals surface area contributed by atoms with Crippen LogP contribution in [-0.2, 0) is 22.6 Å². The molecule has 0 atom stereocenters. The zero-order valence-electron chi connectivity index (χ0n) is 10.6. The second kappa shape index (κ2) is 6.20. The van der Waals surface area contributed by atoms with Gasteiger partial charge in [-0.25, -0.2) is 9.67 Å². The van der Waals surface area contributed by atoms with Crippen molar-refractivity contribution in [2.45, 2.75) is 13.1 Å². The number of imidazole rings is 1. The van der Waals surface area contributed by atoms with E-state index in [4.69, 9.17) is 11.6 Å². The molecule has 0 radical (unpaired) electrons. The van der Waals surface area contributed by atoms with Crippen molar-refractivity contribution >= 4 is 23.3 Å². The summed E-state index contributed by atoms with van der Waals surface area (Å²) in [5.41, 5.74) is 0.652. The summed E-state index contributed by atoms with van der Waals surface area (Å²) >= 11 is 5.95. The first-order valence-corrected chi connectivity index (χ1v) is 6.03. The molecule has 0 bridgehead atoms. The number of methoxy groups -OCH3 is 1. The maximum Gasteiger partial charge on any atom is 0.327 e. The molecule has 0 unspecified atom stereocenters. The largest absolute Gasteiger partial charge is 0.468 e. The van der Waals surface area contributed by atoms with Crippen LogP contribution in [0, 0.1) is 0 Å². The van der Waals surface area contributed by atoms with E-state index in [-0.39, 0.29) is 11.6 Å². The number of H-pyrrole nitrogens is 1. The molecule has 0 aromatic carbocycles. The van der Waals surface area contributed by atoms with Crippen LogP contribution in [-0.4, -0.2) is 32.8 Å². The molecular formula is C11H12ClN5O3. The number of anilines is 1. The Bertz CT molecular complexity index is 653. The second-order valence-corrected chi connectivity index (χ2v) is 4.22. The van der Waals surface area contributed by atoms with Gasteiger partial charge in [0.05, 0.1) is 37.6 Å². The molecular weight excluding hydrogens is 286 g/mol. The normalized spacial score (nSPS) is 10.3. The summed E-state index contributed by atoms with van der Waals surface area (Å²) in [5, 5.41) is 6.77. The van der Waals surface area contributed by atoms with Crippen molar-refractivity contribution in [2.24, 2.45) is 0 Å². The Morgan fingerprint density at radius 2 is 2.35 bits per heavy atom. The summed E-state index contributed by atoms with van der Waals surface area (Å²) in [5.74, 6) is -0.575. The molecule has 2 heterocycles. The van der Waals surface area contributed by atoms with Crippen LogP contribution < -0.4 is 10.9 Å². The van der Waals surface area contributed by atoms with E-state index < -0.39 is 11.5 Å². The SMILES string of the molecule is COC(=O)Cn1ncc(NCc2cnc[nH]2)c(Cl)c1=O. The fraction of sp³-hybridized carbons (Fsp3) is 0.273. The molecule has 0 amide bonds. The monoisotopic (exact) mass is 297 g/mol. The number of hydrogen-bond acceptors (Lipinski definition) is 6. The summed E-state index contributed by atoms with van der Waals surface area (Å²) < 4.78 is 5.41. The Kier molecular flexibility index (Phi) is 4.36. The molecule has 0 saturated heterocycles. The first kappa shape index (κ1) is 14.1. The van der Waals surface area contributed by atoms with E-state index in [0.717, 1.165) is 10.4 Å². The molecule has 0 aliphatic heterocycles. The number of aromatic amines is 1. The fourth-order valence-electron chi connectivity index (χ4n) is 1.46. The molecule has 106 valence electrons. The van der Waals surface area contributed by atoms with Crippen LogP contribution in [0.25, 0.3) is 0 Å². The van der Waals surface area contributed by atoms with Gasteiger partial charge in [0, 0.05) is 6.20 Å². The van der Waals surface area contributed by atoms with Gasteiger partial charge in [0.1, 0.15) is 11.6 Å². The van der Waals surface area contributed by atoms with Crippen LogP contribution >= 0.6 is 11.6 Å². The van der Waals surface area contributed by atoms with Gasteiger partial charge in [-0.2, -0.15) is 5.10 Å². The fourth-order valence-corrected chi connectivity index (χ4v) is 1.67. The minimum atomic E-state index is -0.575. The van der Waals surface area contributed by atoms with Crippen LogP contribution in [0.2, 0.25) is 5.02 Å². The lowest BCUT2D eigenvalue weighted by Gasteiger charge is -2.08. The number of esters is 1. The van der Waals surface area contributed by atoms with Crippen molar-refractivity contribution in [1.82, 2.24) is 19.7 Å². The third kappa shape index (κ3) is 3.15. The zero-order chi connectivity index (χ0) is 14.5. The predicted molar refractivity (Wildman–Crippen MR) is 71.4 cm³/mol. The van der Waals surface area contributed by atoms with Gasteiger partial charge in [0.2, 0.25) is 0 Å².